The van der Waals surface area contributed by atoms with Gasteiger partial charge in [0, 0.05) is 25.4 Å². The molecule has 0 spiro atoms. The molecule has 5 nitrogen and oxygen atoms in total. The van der Waals surface area contributed by atoms with E-state index in [1.807, 2.05) is 30.0 Å². The fourth-order valence-corrected chi connectivity index (χ4v) is 1.78. The van der Waals surface area contributed by atoms with Gasteiger partial charge in [0.25, 0.3) is 6.01 Å². The molecule has 1 aromatic carbocycles. The first kappa shape index (κ1) is 12.7. The molecule has 2 aromatic rings. The van der Waals surface area contributed by atoms with Crippen molar-refractivity contribution >= 4 is 22.8 Å². The lowest BCUT2D eigenvalue weighted by Gasteiger charge is -2.17. The number of benzene rings is 1. The Morgan fingerprint density at radius 1 is 1.39 bits per heavy atom. The molecule has 0 aliphatic rings. The van der Waals surface area contributed by atoms with Gasteiger partial charge in [0.1, 0.15) is 5.52 Å². The van der Waals surface area contributed by atoms with E-state index >= 15 is 0 Å². The lowest BCUT2D eigenvalue weighted by atomic mass is 10.3. The van der Waals surface area contributed by atoms with E-state index in [1.54, 1.807) is 0 Å². The number of nitrogen functional groups attached to an aromatic ring is 1. The summed E-state index contributed by atoms with van der Waals surface area (Å²) in [6, 6.07) is 6.10. The Morgan fingerprint density at radius 3 is 2.94 bits per heavy atom. The van der Waals surface area contributed by atoms with Gasteiger partial charge in [-0.05, 0) is 32.0 Å². The van der Waals surface area contributed by atoms with Crippen LogP contribution in [0.3, 0.4) is 0 Å². The van der Waals surface area contributed by atoms with Gasteiger partial charge in [0.15, 0.2) is 5.58 Å². The van der Waals surface area contributed by atoms with Crippen LogP contribution in [0.2, 0.25) is 0 Å². The summed E-state index contributed by atoms with van der Waals surface area (Å²) in [5.74, 6) is 0. The summed E-state index contributed by atoms with van der Waals surface area (Å²) < 4.78 is 11.1. The second-order valence-electron chi connectivity index (χ2n) is 4.00. The molecule has 0 bridgehead atoms. The summed E-state index contributed by atoms with van der Waals surface area (Å²) in [5.41, 5.74) is 7.97. The summed E-state index contributed by atoms with van der Waals surface area (Å²) in [7, 11) is 0. The van der Waals surface area contributed by atoms with Crippen LogP contribution in [0.4, 0.5) is 11.7 Å². The van der Waals surface area contributed by atoms with Crippen LogP contribution in [0.25, 0.3) is 11.1 Å². The third-order valence-corrected chi connectivity index (χ3v) is 2.76. The minimum Gasteiger partial charge on any atom is -0.423 e. The molecule has 0 radical (unpaired) electrons. The molecule has 98 valence electrons. The molecule has 0 fully saturated rings. The van der Waals surface area contributed by atoms with Gasteiger partial charge in [-0.15, -0.1) is 0 Å². The molecule has 2 rings (SSSR count). The highest BCUT2D eigenvalue weighted by Crippen LogP contribution is 2.23. The van der Waals surface area contributed by atoms with E-state index in [-0.39, 0.29) is 0 Å². The van der Waals surface area contributed by atoms with Crippen LogP contribution < -0.4 is 10.6 Å². The average molecular weight is 249 g/mol. The first-order chi connectivity index (χ1) is 8.74. The maximum atomic E-state index is 5.72. The molecule has 0 atom stereocenters. The lowest BCUT2D eigenvalue weighted by Crippen LogP contribution is -2.27. The molecule has 18 heavy (non-hydrogen) atoms. The topological polar surface area (TPSA) is 64.5 Å². The van der Waals surface area contributed by atoms with Gasteiger partial charge in [-0.3, -0.25) is 0 Å². The SMILES string of the molecule is CCOCCN(CC)c1nc2cc(N)ccc2o1. The van der Waals surface area contributed by atoms with Gasteiger partial charge in [0.2, 0.25) is 0 Å². The van der Waals surface area contributed by atoms with Gasteiger partial charge < -0.3 is 19.8 Å². The Kier molecular flexibility index (Phi) is 4.04. The second-order valence-corrected chi connectivity index (χ2v) is 4.00. The lowest BCUT2D eigenvalue weighted by molar-refractivity contribution is 0.153. The standard InChI is InChI=1S/C13H19N3O2/c1-3-16(7-8-17-4-2)13-15-11-9-10(14)5-6-12(11)18-13/h5-6,9H,3-4,7-8,14H2,1-2H3. The fourth-order valence-electron chi connectivity index (χ4n) is 1.78. The van der Waals surface area contributed by atoms with Gasteiger partial charge in [0.05, 0.1) is 6.61 Å². The quantitative estimate of drug-likeness (QED) is 0.628. The highest BCUT2D eigenvalue weighted by molar-refractivity contribution is 5.78. The molecule has 1 heterocycles. The van der Waals surface area contributed by atoms with Crippen LogP contribution in [-0.4, -0.2) is 31.3 Å². The van der Waals surface area contributed by atoms with Crippen molar-refractivity contribution in [3.05, 3.63) is 18.2 Å². The smallest absolute Gasteiger partial charge is 0.298 e. The zero-order valence-electron chi connectivity index (χ0n) is 10.8. The van der Waals surface area contributed by atoms with Gasteiger partial charge in [-0.25, -0.2) is 0 Å². The van der Waals surface area contributed by atoms with Crippen molar-refractivity contribution in [3.63, 3.8) is 0 Å². The van der Waals surface area contributed by atoms with E-state index in [9.17, 15) is 0 Å². The first-order valence-corrected chi connectivity index (χ1v) is 6.23. The summed E-state index contributed by atoms with van der Waals surface area (Å²) in [6.45, 7) is 7.04. The van der Waals surface area contributed by atoms with Crippen LogP contribution in [0, 0.1) is 0 Å². The normalized spacial score (nSPS) is 11.0. The molecule has 0 saturated heterocycles. The van der Waals surface area contributed by atoms with E-state index in [1.165, 1.54) is 0 Å². The Hall–Kier alpha value is -1.75. The van der Waals surface area contributed by atoms with Crippen molar-refractivity contribution < 1.29 is 9.15 Å². The fraction of sp³-hybridized carbons (Fsp3) is 0.462. The zero-order valence-corrected chi connectivity index (χ0v) is 10.8. The number of nitrogens with two attached hydrogens (primary N) is 1. The van der Waals surface area contributed by atoms with Crippen LogP contribution >= 0.6 is 0 Å². The van der Waals surface area contributed by atoms with Crippen LogP contribution in [-0.2, 0) is 4.74 Å². The van der Waals surface area contributed by atoms with E-state index in [0.717, 1.165) is 30.8 Å². The predicted molar refractivity (Wildman–Crippen MR) is 72.8 cm³/mol. The number of likely N-dealkylation sites (N-methyl/N-ethyl adjacent to an activating group) is 1. The third-order valence-electron chi connectivity index (χ3n) is 2.76. The van der Waals surface area contributed by atoms with Crippen molar-refractivity contribution in [3.8, 4) is 0 Å². The van der Waals surface area contributed by atoms with Crippen LogP contribution in [0.1, 0.15) is 13.8 Å². The molecule has 0 unspecified atom stereocenters. The summed E-state index contributed by atoms with van der Waals surface area (Å²) in [6.07, 6.45) is 0. The number of anilines is 2. The number of oxazole rings is 1. The highest BCUT2D eigenvalue weighted by atomic mass is 16.5. The predicted octanol–water partition coefficient (Wildman–Crippen LogP) is 2.27. The number of fused-ring (bicyclic) bond motifs is 1. The van der Waals surface area contributed by atoms with Crippen molar-refractivity contribution in [1.29, 1.82) is 0 Å². The number of hydrogen-bond acceptors (Lipinski definition) is 5. The van der Waals surface area contributed by atoms with Crippen molar-refractivity contribution in [2.45, 2.75) is 13.8 Å². The van der Waals surface area contributed by atoms with E-state index < -0.39 is 0 Å². The Labute approximate surface area is 107 Å². The number of ether oxygens (including phenoxy) is 1. The molecular weight excluding hydrogens is 230 g/mol. The maximum absolute atomic E-state index is 5.72. The van der Waals surface area contributed by atoms with E-state index in [0.29, 0.717) is 18.3 Å². The first-order valence-electron chi connectivity index (χ1n) is 6.23. The van der Waals surface area contributed by atoms with Gasteiger partial charge >= 0.3 is 0 Å². The Balaban J connectivity index is 2.17. The molecule has 0 amide bonds. The van der Waals surface area contributed by atoms with Gasteiger partial charge in [-0.1, -0.05) is 0 Å². The van der Waals surface area contributed by atoms with Crippen LogP contribution in [0.5, 0.6) is 0 Å². The number of rotatable bonds is 6. The number of aromatic nitrogens is 1. The second kappa shape index (κ2) is 5.73. The molecule has 5 heteroatoms. The number of nitrogens with zero attached hydrogens (tertiary/aromatic N) is 2. The molecule has 2 N–H and O–H groups in total. The van der Waals surface area contributed by atoms with Gasteiger partial charge in [-0.2, -0.15) is 4.98 Å². The molecule has 0 saturated carbocycles. The highest BCUT2D eigenvalue weighted by Gasteiger charge is 2.12. The average Bonchev–Trinajstić information content (AvgIpc) is 2.77. The molecule has 0 aliphatic heterocycles. The number of hydrogen-bond donors (Lipinski definition) is 1. The summed E-state index contributed by atoms with van der Waals surface area (Å²) in [4.78, 5) is 6.49. The Morgan fingerprint density at radius 2 is 2.22 bits per heavy atom. The summed E-state index contributed by atoms with van der Waals surface area (Å²) >= 11 is 0. The minimum atomic E-state index is 0.623. The third kappa shape index (κ3) is 2.73. The molecule has 1 aromatic heterocycles. The van der Waals surface area contributed by atoms with Crippen molar-refractivity contribution in [2.75, 3.05) is 36.9 Å². The van der Waals surface area contributed by atoms with Crippen molar-refractivity contribution in [1.82, 2.24) is 4.98 Å². The Bertz CT molecular complexity index is 510. The van der Waals surface area contributed by atoms with Crippen molar-refractivity contribution in [2.24, 2.45) is 0 Å². The molecule has 0 aliphatic carbocycles. The maximum Gasteiger partial charge on any atom is 0.298 e. The van der Waals surface area contributed by atoms with Crippen LogP contribution in [0.15, 0.2) is 22.6 Å². The minimum absolute atomic E-state index is 0.623. The van der Waals surface area contributed by atoms with E-state index in [4.69, 9.17) is 14.9 Å². The monoisotopic (exact) mass is 249 g/mol. The summed E-state index contributed by atoms with van der Waals surface area (Å²) in [5, 5.41) is 0. The zero-order chi connectivity index (χ0) is 13.0. The van der Waals surface area contributed by atoms with E-state index in [2.05, 4.69) is 11.9 Å². The molecular formula is C13H19N3O2. The largest absolute Gasteiger partial charge is 0.423 e.